The van der Waals surface area contributed by atoms with Crippen LogP contribution < -0.4 is 4.90 Å². The molecule has 0 saturated heterocycles. The highest BCUT2D eigenvalue weighted by atomic mass is 16.3. The SMILES string of the molecule is c1cc(-c2cc3ccccc3c3ccccc23)cc(N(c2ccc(-c3ccc4ccccc4c3)cc2)c2ccc3oc4ccccc4c3c2)c1. The summed E-state index contributed by atoms with van der Waals surface area (Å²) in [5.41, 5.74) is 9.83. The molecule has 234 valence electrons. The van der Waals surface area contributed by atoms with Gasteiger partial charge in [0.05, 0.1) is 0 Å². The molecule has 10 rings (SSSR count). The molecule has 0 bridgehead atoms. The minimum Gasteiger partial charge on any atom is -0.456 e. The predicted octanol–water partition coefficient (Wildman–Crippen LogP) is 13.8. The molecule has 0 amide bonds. The molecule has 0 aliphatic heterocycles. The van der Waals surface area contributed by atoms with E-state index in [1.165, 1.54) is 54.6 Å². The Balaban J connectivity index is 1.14. The van der Waals surface area contributed by atoms with Crippen LogP contribution in [0.4, 0.5) is 17.1 Å². The van der Waals surface area contributed by atoms with Crippen molar-refractivity contribution in [3.8, 4) is 22.3 Å². The Kier molecular flexibility index (Phi) is 6.53. The fourth-order valence-electron chi connectivity index (χ4n) is 7.58. The normalized spacial score (nSPS) is 11.6. The van der Waals surface area contributed by atoms with Gasteiger partial charge >= 0.3 is 0 Å². The summed E-state index contributed by atoms with van der Waals surface area (Å²) in [7, 11) is 0. The zero-order valence-electron chi connectivity index (χ0n) is 27.3. The van der Waals surface area contributed by atoms with Gasteiger partial charge in [0.15, 0.2) is 0 Å². The van der Waals surface area contributed by atoms with Gasteiger partial charge in [-0.3, -0.25) is 0 Å². The molecule has 1 heterocycles. The minimum atomic E-state index is 0.887. The molecular weight excluding hydrogens is 607 g/mol. The smallest absolute Gasteiger partial charge is 0.135 e. The lowest BCUT2D eigenvalue weighted by Crippen LogP contribution is -2.10. The van der Waals surface area contributed by atoms with Crippen molar-refractivity contribution in [3.63, 3.8) is 0 Å². The fourth-order valence-corrected chi connectivity index (χ4v) is 7.58. The van der Waals surface area contributed by atoms with Gasteiger partial charge < -0.3 is 9.32 Å². The Morgan fingerprint density at radius 3 is 1.80 bits per heavy atom. The van der Waals surface area contributed by atoms with Crippen molar-refractivity contribution in [2.75, 3.05) is 4.90 Å². The molecule has 1 aromatic heterocycles. The van der Waals surface area contributed by atoms with Crippen LogP contribution in [-0.2, 0) is 0 Å². The van der Waals surface area contributed by atoms with Crippen LogP contribution in [0.15, 0.2) is 192 Å². The Bertz CT molecular complexity index is 2880. The van der Waals surface area contributed by atoms with Crippen molar-refractivity contribution in [2.45, 2.75) is 0 Å². The van der Waals surface area contributed by atoms with Gasteiger partial charge in [0.2, 0.25) is 0 Å². The van der Waals surface area contributed by atoms with Crippen molar-refractivity contribution in [1.82, 2.24) is 0 Å². The van der Waals surface area contributed by atoms with Gasteiger partial charge in [-0.15, -0.1) is 0 Å². The molecule has 9 aromatic carbocycles. The number of rotatable bonds is 5. The maximum Gasteiger partial charge on any atom is 0.135 e. The van der Waals surface area contributed by atoms with Gasteiger partial charge in [-0.25, -0.2) is 0 Å². The average Bonchev–Trinajstić information content (AvgIpc) is 3.56. The predicted molar refractivity (Wildman–Crippen MR) is 212 cm³/mol. The van der Waals surface area contributed by atoms with Crippen molar-refractivity contribution in [1.29, 1.82) is 0 Å². The molecule has 0 unspecified atom stereocenters. The quantitative estimate of drug-likeness (QED) is 0.175. The van der Waals surface area contributed by atoms with E-state index in [0.717, 1.165) is 39.0 Å². The largest absolute Gasteiger partial charge is 0.456 e. The van der Waals surface area contributed by atoms with Crippen LogP contribution in [0.5, 0.6) is 0 Å². The summed E-state index contributed by atoms with van der Waals surface area (Å²) in [6, 6.07) is 67.7. The van der Waals surface area contributed by atoms with E-state index in [1.807, 2.05) is 12.1 Å². The summed E-state index contributed by atoms with van der Waals surface area (Å²) in [6.45, 7) is 0. The monoisotopic (exact) mass is 637 g/mol. The van der Waals surface area contributed by atoms with E-state index in [0.29, 0.717) is 0 Å². The van der Waals surface area contributed by atoms with Crippen LogP contribution in [0.25, 0.3) is 76.5 Å². The second kappa shape index (κ2) is 11.5. The van der Waals surface area contributed by atoms with E-state index in [9.17, 15) is 0 Å². The Morgan fingerprint density at radius 1 is 0.300 bits per heavy atom. The van der Waals surface area contributed by atoms with E-state index in [4.69, 9.17) is 4.42 Å². The van der Waals surface area contributed by atoms with Crippen LogP contribution in [0.2, 0.25) is 0 Å². The summed E-state index contributed by atoms with van der Waals surface area (Å²) >= 11 is 0. The summed E-state index contributed by atoms with van der Waals surface area (Å²) in [6.07, 6.45) is 0. The molecule has 2 heteroatoms. The van der Waals surface area contributed by atoms with E-state index < -0.39 is 0 Å². The van der Waals surface area contributed by atoms with Gasteiger partial charge in [-0.05, 0) is 115 Å². The average molecular weight is 638 g/mol. The summed E-state index contributed by atoms with van der Waals surface area (Å²) in [5, 5.41) is 9.75. The number of furan rings is 1. The summed E-state index contributed by atoms with van der Waals surface area (Å²) < 4.78 is 6.23. The number of benzene rings is 9. The lowest BCUT2D eigenvalue weighted by atomic mass is 9.93. The number of hydrogen-bond donors (Lipinski definition) is 0. The number of para-hydroxylation sites is 1. The first-order chi connectivity index (χ1) is 24.8. The van der Waals surface area contributed by atoms with Gasteiger partial charge in [-0.1, -0.05) is 127 Å². The molecule has 0 atom stereocenters. The third kappa shape index (κ3) is 4.73. The molecule has 0 N–H and O–H groups in total. The molecule has 10 aromatic rings. The molecule has 0 radical (unpaired) electrons. The van der Waals surface area contributed by atoms with Gasteiger partial charge in [0, 0.05) is 27.8 Å². The van der Waals surface area contributed by atoms with Crippen molar-refractivity contribution in [2.24, 2.45) is 0 Å². The topological polar surface area (TPSA) is 16.4 Å². The zero-order valence-corrected chi connectivity index (χ0v) is 27.3. The Hall–Kier alpha value is -6.64. The standard InChI is InChI=1S/C48H31NO/c1-2-11-34-28-35(21-20-32(34)10-1)33-22-24-38(25-23-33)49(40-26-27-48-46(31-40)44-18-7-8-19-47(44)50-48)39-14-9-13-36(29-39)45-30-37-12-3-4-15-41(37)42-16-5-6-17-43(42)45/h1-31H. The Morgan fingerprint density at radius 2 is 0.940 bits per heavy atom. The second-order valence-corrected chi connectivity index (χ2v) is 13.0. The summed E-state index contributed by atoms with van der Waals surface area (Å²) in [5.74, 6) is 0. The lowest BCUT2D eigenvalue weighted by Gasteiger charge is -2.26. The van der Waals surface area contributed by atoms with E-state index in [1.54, 1.807) is 0 Å². The van der Waals surface area contributed by atoms with Gasteiger partial charge in [0.1, 0.15) is 11.2 Å². The molecule has 0 saturated carbocycles. The fraction of sp³-hybridized carbons (Fsp3) is 0. The van der Waals surface area contributed by atoms with Crippen LogP contribution in [0, 0.1) is 0 Å². The molecule has 50 heavy (non-hydrogen) atoms. The molecular formula is C48H31NO. The lowest BCUT2D eigenvalue weighted by molar-refractivity contribution is 0.669. The van der Waals surface area contributed by atoms with Gasteiger partial charge in [-0.2, -0.15) is 0 Å². The van der Waals surface area contributed by atoms with Crippen LogP contribution in [0.1, 0.15) is 0 Å². The molecule has 0 fully saturated rings. The Labute approximate surface area is 290 Å². The third-order valence-electron chi connectivity index (χ3n) is 10.0. The number of fused-ring (bicyclic) bond motifs is 7. The molecule has 0 spiro atoms. The van der Waals surface area contributed by atoms with Gasteiger partial charge in [0.25, 0.3) is 0 Å². The highest BCUT2D eigenvalue weighted by Crippen LogP contribution is 2.42. The molecule has 2 nitrogen and oxygen atoms in total. The number of anilines is 3. The van der Waals surface area contributed by atoms with Crippen LogP contribution in [0.3, 0.4) is 0 Å². The van der Waals surface area contributed by atoms with Crippen molar-refractivity contribution in [3.05, 3.63) is 188 Å². The first-order valence-corrected chi connectivity index (χ1v) is 17.1. The highest BCUT2D eigenvalue weighted by Gasteiger charge is 2.17. The van der Waals surface area contributed by atoms with E-state index >= 15 is 0 Å². The van der Waals surface area contributed by atoms with Crippen molar-refractivity contribution < 1.29 is 4.42 Å². The van der Waals surface area contributed by atoms with Crippen LogP contribution in [-0.4, -0.2) is 0 Å². The third-order valence-corrected chi connectivity index (χ3v) is 10.0. The number of hydrogen-bond acceptors (Lipinski definition) is 2. The van der Waals surface area contributed by atoms with E-state index in [2.05, 4.69) is 181 Å². The maximum atomic E-state index is 6.23. The van der Waals surface area contributed by atoms with Crippen molar-refractivity contribution >= 4 is 71.3 Å². The molecule has 0 aliphatic carbocycles. The first-order valence-electron chi connectivity index (χ1n) is 17.1. The molecule has 0 aliphatic rings. The summed E-state index contributed by atoms with van der Waals surface area (Å²) in [4.78, 5) is 2.36. The zero-order chi connectivity index (χ0) is 33.0. The minimum absolute atomic E-state index is 0.887. The second-order valence-electron chi connectivity index (χ2n) is 13.0. The highest BCUT2D eigenvalue weighted by molar-refractivity contribution is 6.14. The van der Waals surface area contributed by atoms with Crippen LogP contribution >= 0.6 is 0 Å². The van der Waals surface area contributed by atoms with E-state index in [-0.39, 0.29) is 0 Å². The number of nitrogens with zero attached hydrogens (tertiary/aromatic N) is 1. The first kappa shape index (κ1) is 28.4. The maximum absolute atomic E-state index is 6.23.